The summed E-state index contributed by atoms with van der Waals surface area (Å²) >= 11 is 5.89. The number of benzene rings is 1. The van der Waals surface area contributed by atoms with Gasteiger partial charge in [0.05, 0.1) is 6.54 Å². The first kappa shape index (κ1) is 17.8. The number of hydrogen-bond donors (Lipinski definition) is 2. The molecule has 0 saturated heterocycles. The fourth-order valence-electron chi connectivity index (χ4n) is 1.94. The Labute approximate surface area is 132 Å². The first-order valence-corrected chi connectivity index (χ1v) is 7.88. The van der Waals surface area contributed by atoms with Crippen LogP contribution in [0.25, 0.3) is 0 Å². The Bertz CT molecular complexity index is 426. The Balaban J connectivity index is 2.14. The molecule has 1 atom stereocenters. The number of rotatable bonds is 10. The number of halogens is 1. The van der Waals surface area contributed by atoms with E-state index >= 15 is 0 Å². The second kappa shape index (κ2) is 10.5. The SMILES string of the molecule is CC(CNC(=O)CCCCCCN)Oc1cccc(Cl)c1. The van der Waals surface area contributed by atoms with Gasteiger partial charge in [-0.1, -0.05) is 30.5 Å². The molecule has 0 bridgehead atoms. The number of amides is 1. The lowest BCUT2D eigenvalue weighted by molar-refractivity contribution is -0.121. The van der Waals surface area contributed by atoms with E-state index in [-0.39, 0.29) is 12.0 Å². The minimum atomic E-state index is -0.0929. The van der Waals surface area contributed by atoms with Crippen LogP contribution in [0.1, 0.15) is 39.0 Å². The predicted molar refractivity (Wildman–Crippen MR) is 86.7 cm³/mol. The Morgan fingerprint density at radius 2 is 2.10 bits per heavy atom. The zero-order valence-corrected chi connectivity index (χ0v) is 13.4. The lowest BCUT2D eigenvalue weighted by Crippen LogP contribution is -2.33. The van der Waals surface area contributed by atoms with Crippen LogP contribution in [0.15, 0.2) is 24.3 Å². The summed E-state index contributed by atoms with van der Waals surface area (Å²) in [5.74, 6) is 0.787. The third kappa shape index (κ3) is 8.58. The maximum Gasteiger partial charge on any atom is 0.220 e. The van der Waals surface area contributed by atoms with Gasteiger partial charge in [0.1, 0.15) is 11.9 Å². The standard InChI is InChI=1S/C16H25ClN2O2/c1-13(21-15-8-6-7-14(17)11-15)12-19-16(20)9-4-2-3-5-10-18/h6-8,11,13H,2-5,9-10,12,18H2,1H3,(H,19,20). The summed E-state index contributed by atoms with van der Waals surface area (Å²) in [4.78, 5) is 11.7. The molecule has 1 aromatic carbocycles. The lowest BCUT2D eigenvalue weighted by atomic mass is 10.1. The van der Waals surface area contributed by atoms with Crippen LogP contribution in [0, 0.1) is 0 Å². The molecule has 21 heavy (non-hydrogen) atoms. The Morgan fingerprint density at radius 3 is 2.81 bits per heavy atom. The molecule has 0 radical (unpaired) electrons. The quantitative estimate of drug-likeness (QED) is 0.652. The summed E-state index contributed by atoms with van der Waals surface area (Å²) in [6.07, 6.45) is 4.57. The van der Waals surface area contributed by atoms with E-state index in [0.29, 0.717) is 23.7 Å². The van der Waals surface area contributed by atoms with Gasteiger partial charge in [0, 0.05) is 11.4 Å². The van der Waals surface area contributed by atoms with Crippen molar-refractivity contribution in [1.29, 1.82) is 0 Å². The molecule has 3 N–H and O–H groups in total. The van der Waals surface area contributed by atoms with Gasteiger partial charge in [0.25, 0.3) is 0 Å². The van der Waals surface area contributed by atoms with E-state index in [1.165, 1.54) is 0 Å². The molecule has 1 rings (SSSR count). The number of hydrogen-bond acceptors (Lipinski definition) is 3. The molecule has 4 nitrogen and oxygen atoms in total. The average molecular weight is 313 g/mol. The number of unbranched alkanes of at least 4 members (excludes halogenated alkanes) is 3. The van der Waals surface area contributed by atoms with Gasteiger partial charge in [-0.15, -0.1) is 0 Å². The van der Waals surface area contributed by atoms with Gasteiger partial charge < -0.3 is 15.8 Å². The summed E-state index contributed by atoms with van der Waals surface area (Å²) in [6.45, 7) is 3.14. The van der Waals surface area contributed by atoms with Crippen LogP contribution in [0.2, 0.25) is 5.02 Å². The number of carbonyl (C=O) groups is 1. The molecule has 1 unspecified atom stereocenters. The zero-order valence-electron chi connectivity index (χ0n) is 12.6. The van der Waals surface area contributed by atoms with Gasteiger partial charge in [0.15, 0.2) is 0 Å². The van der Waals surface area contributed by atoms with Crippen molar-refractivity contribution in [2.24, 2.45) is 5.73 Å². The molecule has 0 saturated carbocycles. The third-order valence-corrected chi connectivity index (χ3v) is 3.31. The molecular weight excluding hydrogens is 288 g/mol. The van der Waals surface area contributed by atoms with Crippen LogP contribution in [0.5, 0.6) is 5.75 Å². The van der Waals surface area contributed by atoms with Crippen molar-refractivity contribution in [3.63, 3.8) is 0 Å². The van der Waals surface area contributed by atoms with Crippen molar-refractivity contribution in [3.05, 3.63) is 29.3 Å². The molecule has 0 aliphatic carbocycles. The van der Waals surface area contributed by atoms with E-state index in [2.05, 4.69) is 5.32 Å². The van der Waals surface area contributed by atoms with Crippen molar-refractivity contribution in [2.45, 2.75) is 45.1 Å². The largest absolute Gasteiger partial charge is 0.489 e. The van der Waals surface area contributed by atoms with E-state index in [1.54, 1.807) is 12.1 Å². The second-order valence-corrected chi connectivity index (χ2v) is 5.58. The van der Waals surface area contributed by atoms with E-state index in [0.717, 1.165) is 32.2 Å². The molecular formula is C16H25ClN2O2. The summed E-state index contributed by atoms with van der Waals surface area (Å²) in [5, 5.41) is 3.53. The number of carbonyl (C=O) groups excluding carboxylic acids is 1. The average Bonchev–Trinajstić information content (AvgIpc) is 2.45. The first-order chi connectivity index (χ1) is 10.1. The van der Waals surface area contributed by atoms with Gasteiger partial charge in [-0.25, -0.2) is 0 Å². The van der Waals surface area contributed by atoms with Crippen molar-refractivity contribution < 1.29 is 9.53 Å². The highest BCUT2D eigenvalue weighted by Gasteiger charge is 2.07. The predicted octanol–water partition coefficient (Wildman–Crippen LogP) is 3.13. The van der Waals surface area contributed by atoms with Crippen molar-refractivity contribution in [1.82, 2.24) is 5.32 Å². The van der Waals surface area contributed by atoms with Crippen LogP contribution in [0.4, 0.5) is 0 Å². The van der Waals surface area contributed by atoms with Gasteiger partial charge in [-0.3, -0.25) is 4.79 Å². The van der Waals surface area contributed by atoms with Crippen molar-refractivity contribution in [3.8, 4) is 5.75 Å². The summed E-state index contributed by atoms with van der Waals surface area (Å²) in [5.41, 5.74) is 5.42. The molecule has 0 heterocycles. The number of nitrogens with two attached hydrogens (primary N) is 1. The van der Waals surface area contributed by atoms with Crippen LogP contribution in [0.3, 0.4) is 0 Å². The monoisotopic (exact) mass is 312 g/mol. The smallest absolute Gasteiger partial charge is 0.220 e. The van der Waals surface area contributed by atoms with Gasteiger partial charge in [-0.05, 0) is 44.5 Å². The molecule has 0 aromatic heterocycles. The summed E-state index contributed by atoms with van der Waals surface area (Å²) in [7, 11) is 0. The number of nitrogens with one attached hydrogen (secondary N) is 1. The molecule has 0 aliphatic rings. The molecule has 1 amide bonds. The van der Waals surface area contributed by atoms with Crippen molar-refractivity contribution >= 4 is 17.5 Å². The Kier molecular flexibility index (Phi) is 8.87. The van der Waals surface area contributed by atoms with Gasteiger partial charge in [-0.2, -0.15) is 0 Å². The van der Waals surface area contributed by atoms with Crippen LogP contribution >= 0.6 is 11.6 Å². The Hall–Kier alpha value is -1.26. The summed E-state index contributed by atoms with van der Waals surface area (Å²) < 4.78 is 5.69. The molecule has 1 aromatic rings. The highest BCUT2D eigenvalue weighted by Crippen LogP contribution is 2.18. The minimum absolute atomic E-state index is 0.0734. The fourth-order valence-corrected chi connectivity index (χ4v) is 2.12. The molecule has 0 aliphatic heterocycles. The van der Waals surface area contributed by atoms with E-state index < -0.39 is 0 Å². The van der Waals surface area contributed by atoms with Crippen LogP contribution in [-0.2, 0) is 4.79 Å². The van der Waals surface area contributed by atoms with E-state index in [1.807, 2.05) is 19.1 Å². The second-order valence-electron chi connectivity index (χ2n) is 5.14. The zero-order chi connectivity index (χ0) is 15.5. The Morgan fingerprint density at radius 1 is 1.33 bits per heavy atom. The molecule has 5 heteroatoms. The van der Waals surface area contributed by atoms with E-state index in [4.69, 9.17) is 22.1 Å². The van der Waals surface area contributed by atoms with E-state index in [9.17, 15) is 4.79 Å². The molecule has 0 spiro atoms. The highest BCUT2D eigenvalue weighted by molar-refractivity contribution is 6.30. The third-order valence-electron chi connectivity index (χ3n) is 3.08. The lowest BCUT2D eigenvalue weighted by Gasteiger charge is -2.15. The number of ether oxygens (including phenoxy) is 1. The fraction of sp³-hybridized carbons (Fsp3) is 0.562. The van der Waals surface area contributed by atoms with Crippen LogP contribution < -0.4 is 15.8 Å². The topological polar surface area (TPSA) is 64.4 Å². The summed E-state index contributed by atoms with van der Waals surface area (Å²) in [6, 6.07) is 7.24. The van der Waals surface area contributed by atoms with Crippen molar-refractivity contribution in [2.75, 3.05) is 13.1 Å². The molecule has 118 valence electrons. The normalized spacial score (nSPS) is 12.0. The van der Waals surface area contributed by atoms with Crippen LogP contribution in [-0.4, -0.2) is 25.1 Å². The molecule has 0 fully saturated rings. The highest BCUT2D eigenvalue weighted by atomic mass is 35.5. The maximum atomic E-state index is 11.7. The minimum Gasteiger partial charge on any atom is -0.489 e. The van der Waals surface area contributed by atoms with Gasteiger partial charge in [0.2, 0.25) is 5.91 Å². The van der Waals surface area contributed by atoms with Gasteiger partial charge >= 0.3 is 0 Å². The first-order valence-electron chi connectivity index (χ1n) is 7.51. The maximum absolute atomic E-state index is 11.7.